The van der Waals surface area contributed by atoms with Crippen molar-refractivity contribution in [2.75, 3.05) is 20.8 Å². The number of aliphatic hydroxyl groups is 1. The zero-order chi connectivity index (χ0) is 13.0. The Morgan fingerprint density at radius 1 is 1.33 bits per heavy atom. The van der Waals surface area contributed by atoms with Crippen LogP contribution in [0, 0.1) is 5.92 Å². The lowest BCUT2D eigenvalue weighted by Crippen LogP contribution is -2.10. The number of hydrogen-bond acceptors (Lipinski definition) is 6. The van der Waals surface area contributed by atoms with Gasteiger partial charge < -0.3 is 14.6 Å². The lowest BCUT2D eigenvalue weighted by Gasteiger charge is -2.12. The summed E-state index contributed by atoms with van der Waals surface area (Å²) in [5.41, 5.74) is 0. The molecule has 1 aliphatic carbocycles. The second kappa shape index (κ2) is 6.24. The van der Waals surface area contributed by atoms with Crippen molar-refractivity contribution in [3.8, 4) is 11.8 Å². The Labute approximate surface area is 111 Å². The van der Waals surface area contributed by atoms with Gasteiger partial charge in [-0.2, -0.15) is 9.97 Å². The molecule has 0 spiro atoms. The van der Waals surface area contributed by atoms with E-state index >= 15 is 0 Å². The molecular weight excluding hydrogens is 252 g/mol. The first-order chi connectivity index (χ1) is 8.75. The summed E-state index contributed by atoms with van der Waals surface area (Å²) in [5.74, 6) is 1.72. The molecule has 1 heterocycles. The molecule has 1 N–H and O–H groups in total. The van der Waals surface area contributed by atoms with E-state index in [1.807, 2.05) is 0 Å². The molecule has 1 atom stereocenters. The van der Waals surface area contributed by atoms with Crippen molar-refractivity contribution in [3.63, 3.8) is 0 Å². The topological polar surface area (TPSA) is 64.5 Å². The van der Waals surface area contributed by atoms with Crippen molar-refractivity contribution in [3.05, 3.63) is 6.07 Å². The van der Waals surface area contributed by atoms with Crippen LogP contribution in [0.1, 0.15) is 19.3 Å². The summed E-state index contributed by atoms with van der Waals surface area (Å²) in [4.78, 5) is 8.51. The van der Waals surface area contributed by atoms with Gasteiger partial charge >= 0.3 is 0 Å². The minimum absolute atomic E-state index is 0.143. The van der Waals surface area contributed by atoms with E-state index in [4.69, 9.17) is 9.47 Å². The van der Waals surface area contributed by atoms with Crippen LogP contribution in [0.3, 0.4) is 0 Å². The first kappa shape index (κ1) is 13.4. The SMILES string of the molecule is COc1cc(OC)nc(SC(CO)CC2CC2)n1. The maximum atomic E-state index is 9.38. The Kier molecular flexibility index (Phi) is 4.66. The molecule has 0 aliphatic heterocycles. The molecule has 0 bridgehead atoms. The quantitative estimate of drug-likeness (QED) is 0.601. The van der Waals surface area contributed by atoms with Crippen molar-refractivity contribution in [1.82, 2.24) is 9.97 Å². The Hall–Kier alpha value is -1.01. The molecule has 0 aromatic carbocycles. The summed E-state index contributed by atoms with van der Waals surface area (Å²) in [7, 11) is 3.12. The highest BCUT2D eigenvalue weighted by atomic mass is 32.2. The van der Waals surface area contributed by atoms with E-state index in [1.54, 1.807) is 20.3 Å². The van der Waals surface area contributed by atoms with Crippen LogP contribution in [-0.2, 0) is 0 Å². The van der Waals surface area contributed by atoms with Crippen LogP contribution >= 0.6 is 11.8 Å². The third-order valence-electron chi connectivity index (χ3n) is 2.85. The average Bonchev–Trinajstić information content (AvgIpc) is 3.21. The van der Waals surface area contributed by atoms with E-state index in [1.165, 1.54) is 24.6 Å². The second-order valence-electron chi connectivity index (χ2n) is 4.34. The number of aliphatic hydroxyl groups excluding tert-OH is 1. The maximum Gasteiger partial charge on any atom is 0.220 e. The van der Waals surface area contributed by atoms with Crippen molar-refractivity contribution in [2.24, 2.45) is 5.92 Å². The summed E-state index contributed by atoms with van der Waals surface area (Å²) in [6.07, 6.45) is 3.57. The summed E-state index contributed by atoms with van der Waals surface area (Å²) >= 11 is 1.48. The second-order valence-corrected chi connectivity index (χ2v) is 5.60. The third-order valence-corrected chi connectivity index (χ3v) is 3.91. The van der Waals surface area contributed by atoms with Crippen molar-refractivity contribution >= 4 is 11.8 Å². The minimum Gasteiger partial charge on any atom is -0.481 e. The van der Waals surface area contributed by atoms with Gasteiger partial charge in [-0.05, 0) is 12.3 Å². The molecule has 6 heteroatoms. The van der Waals surface area contributed by atoms with Gasteiger partial charge in [0.15, 0.2) is 5.16 Å². The molecule has 100 valence electrons. The van der Waals surface area contributed by atoms with Gasteiger partial charge in [-0.3, -0.25) is 0 Å². The molecule has 0 amide bonds. The van der Waals surface area contributed by atoms with Crippen LogP contribution in [0.2, 0.25) is 0 Å². The molecule has 1 saturated carbocycles. The number of nitrogens with zero attached hydrogens (tertiary/aromatic N) is 2. The van der Waals surface area contributed by atoms with Crippen LogP contribution in [0.15, 0.2) is 11.2 Å². The van der Waals surface area contributed by atoms with E-state index in [9.17, 15) is 5.11 Å². The van der Waals surface area contributed by atoms with Gasteiger partial charge in [0.1, 0.15) is 0 Å². The highest BCUT2D eigenvalue weighted by Gasteiger charge is 2.26. The monoisotopic (exact) mass is 270 g/mol. The molecule has 1 fully saturated rings. The smallest absolute Gasteiger partial charge is 0.220 e. The molecule has 0 radical (unpaired) electrons. The van der Waals surface area contributed by atoms with Gasteiger partial charge in [0.05, 0.1) is 26.9 Å². The number of thioether (sulfide) groups is 1. The van der Waals surface area contributed by atoms with Crippen LogP contribution in [0.25, 0.3) is 0 Å². The fourth-order valence-corrected chi connectivity index (χ4v) is 2.71. The van der Waals surface area contributed by atoms with Gasteiger partial charge in [0.25, 0.3) is 0 Å². The van der Waals surface area contributed by atoms with E-state index in [2.05, 4.69) is 9.97 Å². The first-order valence-corrected chi connectivity index (χ1v) is 6.87. The summed E-state index contributed by atoms with van der Waals surface area (Å²) in [6, 6.07) is 1.64. The molecular formula is C12H18N2O3S. The van der Waals surface area contributed by atoms with Crippen LogP contribution in [-0.4, -0.2) is 41.2 Å². The standard InChI is InChI=1S/C12H18N2O3S/c1-16-10-6-11(17-2)14-12(13-10)18-9(7-15)5-8-3-4-8/h6,8-9,15H,3-5,7H2,1-2H3. The molecule has 18 heavy (non-hydrogen) atoms. The Balaban J connectivity index is 2.05. The minimum atomic E-state index is 0.143. The van der Waals surface area contributed by atoms with E-state index in [0.717, 1.165) is 12.3 Å². The van der Waals surface area contributed by atoms with Crippen molar-refractivity contribution < 1.29 is 14.6 Å². The molecule has 2 rings (SSSR count). The number of ether oxygens (including phenoxy) is 2. The number of hydrogen-bond donors (Lipinski definition) is 1. The van der Waals surface area contributed by atoms with E-state index in [-0.39, 0.29) is 11.9 Å². The summed E-state index contributed by atoms with van der Waals surface area (Å²) in [6.45, 7) is 0.143. The Morgan fingerprint density at radius 2 is 1.94 bits per heavy atom. The number of methoxy groups -OCH3 is 2. The fourth-order valence-electron chi connectivity index (χ4n) is 1.68. The summed E-state index contributed by atoms with van der Waals surface area (Å²) in [5, 5.41) is 10.1. The highest BCUT2D eigenvalue weighted by molar-refractivity contribution is 7.99. The highest BCUT2D eigenvalue weighted by Crippen LogP contribution is 2.38. The van der Waals surface area contributed by atoms with Crippen LogP contribution < -0.4 is 9.47 Å². The predicted octanol–water partition coefficient (Wildman–Crippen LogP) is 1.75. The lowest BCUT2D eigenvalue weighted by atomic mass is 10.2. The van der Waals surface area contributed by atoms with Crippen LogP contribution in [0.4, 0.5) is 0 Å². The zero-order valence-corrected chi connectivity index (χ0v) is 11.4. The molecule has 1 aromatic rings. The maximum absolute atomic E-state index is 9.38. The predicted molar refractivity (Wildman–Crippen MR) is 69.2 cm³/mol. The fraction of sp³-hybridized carbons (Fsp3) is 0.667. The van der Waals surface area contributed by atoms with Gasteiger partial charge in [-0.25, -0.2) is 0 Å². The van der Waals surface area contributed by atoms with E-state index < -0.39 is 0 Å². The van der Waals surface area contributed by atoms with Gasteiger partial charge in [0.2, 0.25) is 11.8 Å². The van der Waals surface area contributed by atoms with Gasteiger partial charge in [-0.15, -0.1) is 0 Å². The number of rotatable bonds is 7. The largest absolute Gasteiger partial charge is 0.481 e. The molecule has 5 nitrogen and oxygen atoms in total. The Morgan fingerprint density at radius 3 is 2.39 bits per heavy atom. The normalized spacial score (nSPS) is 16.4. The molecule has 1 aromatic heterocycles. The summed E-state index contributed by atoms with van der Waals surface area (Å²) < 4.78 is 10.2. The molecule has 0 saturated heterocycles. The molecule has 1 unspecified atom stereocenters. The third kappa shape index (κ3) is 3.74. The number of aromatic nitrogens is 2. The van der Waals surface area contributed by atoms with Gasteiger partial charge in [-0.1, -0.05) is 24.6 Å². The lowest BCUT2D eigenvalue weighted by molar-refractivity contribution is 0.287. The van der Waals surface area contributed by atoms with E-state index in [0.29, 0.717) is 16.9 Å². The Bertz CT molecular complexity index is 377. The van der Waals surface area contributed by atoms with Crippen molar-refractivity contribution in [1.29, 1.82) is 0 Å². The molecule has 1 aliphatic rings. The van der Waals surface area contributed by atoms with Crippen molar-refractivity contribution in [2.45, 2.75) is 29.7 Å². The van der Waals surface area contributed by atoms with Gasteiger partial charge in [0, 0.05) is 5.25 Å². The zero-order valence-electron chi connectivity index (χ0n) is 10.6. The van der Waals surface area contributed by atoms with Crippen LogP contribution in [0.5, 0.6) is 11.8 Å². The average molecular weight is 270 g/mol. The first-order valence-electron chi connectivity index (χ1n) is 5.99.